The van der Waals surface area contributed by atoms with Crippen molar-refractivity contribution in [1.29, 1.82) is 0 Å². The highest BCUT2D eigenvalue weighted by Crippen LogP contribution is 2.19. The van der Waals surface area contributed by atoms with Gasteiger partial charge in [0.25, 0.3) is 0 Å². The molecule has 0 bridgehead atoms. The lowest BCUT2D eigenvalue weighted by molar-refractivity contribution is 0.378. The third-order valence-corrected chi connectivity index (χ3v) is 4.12. The zero-order valence-corrected chi connectivity index (χ0v) is 11.5. The third kappa shape index (κ3) is 2.95. The molecule has 4 nitrogen and oxygen atoms in total. The number of rotatable bonds is 3. The van der Waals surface area contributed by atoms with Crippen LogP contribution in [0.4, 0.5) is 0 Å². The number of nitrogens with zero attached hydrogens (tertiary/aromatic N) is 1. The largest absolute Gasteiger partial charge is 0.486 e. The van der Waals surface area contributed by atoms with Gasteiger partial charge in [0.2, 0.25) is 9.84 Å². The van der Waals surface area contributed by atoms with Gasteiger partial charge in [-0.25, -0.2) is 13.4 Å². The summed E-state index contributed by atoms with van der Waals surface area (Å²) in [5.74, 6) is 0.599. The Kier molecular flexibility index (Phi) is 3.35. The minimum Gasteiger partial charge on any atom is -0.486 e. The SMILES string of the molecule is CC1=CS(=O)(=O)C(COc2cccc(Br)c2)=N1. The molecule has 0 aliphatic carbocycles. The molecule has 1 aliphatic rings. The number of benzene rings is 1. The van der Waals surface area contributed by atoms with E-state index in [2.05, 4.69) is 20.9 Å². The van der Waals surface area contributed by atoms with Crippen molar-refractivity contribution < 1.29 is 13.2 Å². The van der Waals surface area contributed by atoms with E-state index in [1.54, 1.807) is 19.1 Å². The summed E-state index contributed by atoms with van der Waals surface area (Å²) in [6.07, 6.45) is 0. The molecule has 17 heavy (non-hydrogen) atoms. The summed E-state index contributed by atoms with van der Waals surface area (Å²) in [5.41, 5.74) is 0.484. The van der Waals surface area contributed by atoms with E-state index in [0.717, 1.165) is 9.88 Å². The van der Waals surface area contributed by atoms with Crippen molar-refractivity contribution >= 4 is 30.8 Å². The number of hydrogen-bond acceptors (Lipinski definition) is 4. The van der Waals surface area contributed by atoms with Crippen LogP contribution >= 0.6 is 15.9 Å². The van der Waals surface area contributed by atoms with Gasteiger partial charge in [0.05, 0.1) is 11.1 Å². The molecule has 0 saturated carbocycles. The van der Waals surface area contributed by atoms with Crippen molar-refractivity contribution in [1.82, 2.24) is 0 Å². The van der Waals surface area contributed by atoms with Gasteiger partial charge in [-0.3, -0.25) is 0 Å². The van der Waals surface area contributed by atoms with Crippen LogP contribution in [0.2, 0.25) is 0 Å². The molecule has 0 saturated heterocycles. The van der Waals surface area contributed by atoms with Crippen molar-refractivity contribution in [3.05, 3.63) is 39.8 Å². The Morgan fingerprint density at radius 3 is 2.76 bits per heavy atom. The molecule has 0 amide bonds. The van der Waals surface area contributed by atoms with Gasteiger partial charge in [-0.05, 0) is 25.1 Å². The summed E-state index contributed by atoms with van der Waals surface area (Å²) < 4.78 is 29.4. The van der Waals surface area contributed by atoms with Crippen molar-refractivity contribution in [2.24, 2.45) is 4.99 Å². The van der Waals surface area contributed by atoms with Gasteiger partial charge >= 0.3 is 0 Å². The summed E-state index contributed by atoms with van der Waals surface area (Å²) in [7, 11) is -3.37. The summed E-state index contributed by atoms with van der Waals surface area (Å²) in [6.45, 7) is 1.59. The van der Waals surface area contributed by atoms with E-state index in [1.165, 1.54) is 0 Å². The predicted octanol–water partition coefficient (Wildman–Crippen LogP) is 2.52. The lowest BCUT2D eigenvalue weighted by Gasteiger charge is -2.05. The first-order chi connectivity index (χ1) is 7.97. The van der Waals surface area contributed by atoms with Crippen LogP contribution < -0.4 is 4.74 Å². The Balaban J connectivity index is 2.08. The maximum Gasteiger partial charge on any atom is 0.218 e. The summed E-state index contributed by atoms with van der Waals surface area (Å²) >= 11 is 3.31. The number of sulfone groups is 1. The Hall–Kier alpha value is -1.14. The van der Waals surface area contributed by atoms with Gasteiger partial charge in [0.1, 0.15) is 12.4 Å². The van der Waals surface area contributed by atoms with Crippen LogP contribution in [0.15, 0.2) is 44.8 Å². The van der Waals surface area contributed by atoms with Crippen LogP contribution in [0, 0.1) is 0 Å². The molecule has 0 spiro atoms. The zero-order chi connectivity index (χ0) is 12.5. The fourth-order valence-corrected chi connectivity index (χ4v) is 2.91. The molecule has 1 aliphatic heterocycles. The van der Waals surface area contributed by atoms with E-state index in [-0.39, 0.29) is 11.7 Å². The third-order valence-electron chi connectivity index (χ3n) is 2.11. The average Bonchev–Trinajstić information content (AvgIpc) is 2.48. The molecule has 1 heterocycles. The molecule has 0 radical (unpaired) electrons. The molecule has 0 unspecified atom stereocenters. The Labute approximate surface area is 108 Å². The standard InChI is InChI=1S/C11H10BrNO3S/c1-8-7-17(14,15)11(13-8)6-16-10-4-2-3-9(12)5-10/h2-5,7H,6H2,1H3. The van der Waals surface area contributed by atoms with Gasteiger partial charge < -0.3 is 4.74 Å². The lowest BCUT2D eigenvalue weighted by atomic mass is 10.3. The summed E-state index contributed by atoms with van der Waals surface area (Å²) in [4.78, 5) is 3.93. The molecule has 1 aromatic rings. The first-order valence-electron chi connectivity index (χ1n) is 4.87. The minimum absolute atomic E-state index is 0.0490. The van der Waals surface area contributed by atoms with Crippen LogP contribution in [-0.4, -0.2) is 20.1 Å². The summed E-state index contributed by atoms with van der Waals surface area (Å²) in [5, 5.41) is 1.20. The normalized spacial score (nSPS) is 17.5. The monoisotopic (exact) mass is 315 g/mol. The van der Waals surface area contributed by atoms with Gasteiger partial charge in [-0.1, -0.05) is 22.0 Å². The second-order valence-electron chi connectivity index (χ2n) is 3.56. The van der Waals surface area contributed by atoms with E-state index in [4.69, 9.17) is 4.74 Å². The highest BCUT2D eigenvalue weighted by atomic mass is 79.9. The van der Waals surface area contributed by atoms with E-state index in [9.17, 15) is 8.42 Å². The van der Waals surface area contributed by atoms with E-state index >= 15 is 0 Å². The predicted molar refractivity (Wildman–Crippen MR) is 69.7 cm³/mol. The van der Waals surface area contributed by atoms with Crippen molar-refractivity contribution in [3.8, 4) is 5.75 Å². The first kappa shape index (κ1) is 12.3. The van der Waals surface area contributed by atoms with Crippen molar-refractivity contribution in [3.63, 3.8) is 0 Å². The molecular formula is C11H10BrNO3S. The van der Waals surface area contributed by atoms with Crippen molar-refractivity contribution in [2.75, 3.05) is 6.61 Å². The maximum atomic E-state index is 11.6. The smallest absolute Gasteiger partial charge is 0.218 e. The molecular weight excluding hydrogens is 306 g/mol. The van der Waals surface area contributed by atoms with Crippen LogP contribution in [-0.2, 0) is 9.84 Å². The topological polar surface area (TPSA) is 55.7 Å². The maximum absolute atomic E-state index is 11.6. The number of ether oxygens (including phenoxy) is 1. The highest BCUT2D eigenvalue weighted by molar-refractivity contribution is 9.10. The summed E-state index contributed by atoms with van der Waals surface area (Å²) in [6, 6.07) is 7.20. The molecule has 2 rings (SSSR count). The number of aliphatic imine (C=N–C) groups is 1. The highest BCUT2D eigenvalue weighted by Gasteiger charge is 2.23. The zero-order valence-electron chi connectivity index (χ0n) is 9.05. The Morgan fingerprint density at radius 1 is 1.41 bits per heavy atom. The van der Waals surface area contributed by atoms with Crippen molar-refractivity contribution in [2.45, 2.75) is 6.92 Å². The number of halogens is 1. The van der Waals surface area contributed by atoms with Crippen LogP contribution in [0.25, 0.3) is 0 Å². The fourth-order valence-electron chi connectivity index (χ4n) is 1.40. The van der Waals surface area contributed by atoms with Gasteiger partial charge in [0.15, 0.2) is 5.04 Å². The molecule has 6 heteroatoms. The Bertz CT molecular complexity index is 605. The van der Waals surface area contributed by atoms with Gasteiger partial charge in [-0.2, -0.15) is 0 Å². The lowest BCUT2D eigenvalue weighted by Crippen LogP contribution is -2.17. The number of allylic oxidation sites excluding steroid dienone is 1. The molecule has 0 atom stereocenters. The van der Waals surface area contributed by atoms with E-state index < -0.39 is 9.84 Å². The average molecular weight is 316 g/mol. The Morgan fingerprint density at radius 2 is 2.18 bits per heavy atom. The second kappa shape index (κ2) is 4.62. The quantitative estimate of drug-likeness (QED) is 0.861. The second-order valence-corrected chi connectivity index (χ2v) is 6.27. The molecule has 0 fully saturated rings. The fraction of sp³-hybridized carbons (Fsp3) is 0.182. The van der Waals surface area contributed by atoms with Crippen LogP contribution in [0.5, 0.6) is 5.75 Å². The van der Waals surface area contributed by atoms with E-state index in [1.807, 2.05) is 12.1 Å². The molecule has 0 N–H and O–H groups in total. The number of hydrogen-bond donors (Lipinski definition) is 0. The van der Waals surface area contributed by atoms with Gasteiger partial charge in [0, 0.05) is 4.47 Å². The van der Waals surface area contributed by atoms with Crippen LogP contribution in [0.1, 0.15) is 6.92 Å². The van der Waals surface area contributed by atoms with E-state index in [0.29, 0.717) is 11.4 Å². The van der Waals surface area contributed by atoms with Gasteiger partial charge in [-0.15, -0.1) is 0 Å². The first-order valence-corrected chi connectivity index (χ1v) is 7.21. The van der Waals surface area contributed by atoms with Crippen LogP contribution in [0.3, 0.4) is 0 Å². The minimum atomic E-state index is -3.37. The molecule has 90 valence electrons. The molecule has 0 aromatic heterocycles. The molecule has 1 aromatic carbocycles.